The monoisotopic (exact) mass is 572 g/mol. The lowest BCUT2D eigenvalue weighted by molar-refractivity contribution is 0.103. The number of ketones is 1. The highest BCUT2D eigenvalue weighted by Gasteiger charge is 2.36. The van der Waals surface area contributed by atoms with E-state index in [9.17, 15) is 27.0 Å². The summed E-state index contributed by atoms with van der Waals surface area (Å²) in [6, 6.07) is 11.0. The maximum Gasteiger partial charge on any atom is 0.250 e. The highest BCUT2D eigenvalue weighted by Crippen LogP contribution is 2.35. The van der Waals surface area contributed by atoms with E-state index in [1.807, 2.05) is 20.8 Å². The number of benzene rings is 2. The van der Waals surface area contributed by atoms with E-state index in [2.05, 4.69) is 4.72 Å². The summed E-state index contributed by atoms with van der Waals surface area (Å²) in [5, 5.41) is -0.341. The minimum atomic E-state index is -3.34. The van der Waals surface area contributed by atoms with Crippen molar-refractivity contribution >= 4 is 27.0 Å². The number of hydrogen-bond acceptors (Lipinski definition) is 6. The molecule has 4 rings (SSSR count). The molecule has 1 fully saturated rings. The predicted octanol–water partition coefficient (Wildman–Crippen LogP) is 4.61. The number of sulfone groups is 1. The maximum atomic E-state index is 13.6. The van der Waals surface area contributed by atoms with Crippen molar-refractivity contribution in [2.75, 3.05) is 0 Å². The van der Waals surface area contributed by atoms with Crippen LogP contribution in [0, 0.1) is 5.82 Å². The van der Waals surface area contributed by atoms with Crippen molar-refractivity contribution in [3.63, 3.8) is 0 Å². The van der Waals surface area contributed by atoms with Crippen LogP contribution < -0.4 is 10.3 Å². The minimum Gasteiger partial charge on any atom is -0.598 e. The molecular weight excluding hydrogens is 539 g/mol. The molecule has 1 N–H and O–H groups in total. The van der Waals surface area contributed by atoms with Gasteiger partial charge in [0.15, 0.2) is 15.6 Å². The predicted molar refractivity (Wildman–Crippen MR) is 152 cm³/mol. The van der Waals surface area contributed by atoms with Gasteiger partial charge in [0.05, 0.1) is 17.0 Å². The van der Waals surface area contributed by atoms with Gasteiger partial charge in [-0.3, -0.25) is 9.59 Å². The Morgan fingerprint density at radius 1 is 1.13 bits per heavy atom. The molecule has 3 aromatic rings. The molecule has 1 unspecified atom stereocenters. The molecule has 2 atom stereocenters. The second-order valence-electron chi connectivity index (χ2n) is 11.0. The number of aryl methyl sites for hydroxylation is 1. The summed E-state index contributed by atoms with van der Waals surface area (Å²) in [7, 11) is -1.75. The Balaban J connectivity index is 1.89. The van der Waals surface area contributed by atoms with Gasteiger partial charge in [0, 0.05) is 47.4 Å². The van der Waals surface area contributed by atoms with Crippen LogP contribution in [0.2, 0.25) is 0 Å². The number of halogens is 1. The second-order valence-corrected chi connectivity index (χ2v) is 15.3. The molecule has 2 aromatic carbocycles. The highest BCUT2D eigenvalue weighted by atomic mass is 32.2. The van der Waals surface area contributed by atoms with E-state index in [-0.39, 0.29) is 33.5 Å². The van der Waals surface area contributed by atoms with E-state index >= 15 is 0 Å². The fraction of sp³-hybridized carbons (Fsp3) is 0.379. The van der Waals surface area contributed by atoms with E-state index in [0.29, 0.717) is 35.1 Å². The first-order valence-electron chi connectivity index (χ1n) is 12.7. The minimum absolute atomic E-state index is 0.168. The number of rotatable bonds is 9. The fourth-order valence-electron chi connectivity index (χ4n) is 4.26. The van der Waals surface area contributed by atoms with Crippen LogP contribution in [0.5, 0.6) is 0 Å². The largest absolute Gasteiger partial charge is 0.598 e. The molecule has 0 spiro atoms. The van der Waals surface area contributed by atoms with Gasteiger partial charge in [0.25, 0.3) is 5.56 Å². The van der Waals surface area contributed by atoms with Crippen LogP contribution in [0.4, 0.5) is 4.39 Å². The van der Waals surface area contributed by atoms with E-state index in [4.69, 9.17) is 0 Å². The molecule has 1 aliphatic carbocycles. The third kappa shape index (κ3) is 6.69. The normalized spacial score (nSPS) is 15.7. The Labute approximate surface area is 231 Å². The highest BCUT2D eigenvalue weighted by molar-refractivity contribution is 7.91. The smallest absolute Gasteiger partial charge is 0.250 e. The number of nitrogens with one attached hydrogen (secondary N) is 1. The molecule has 1 aromatic heterocycles. The number of hydrogen-bond donors (Lipinski definition) is 1. The lowest BCUT2D eigenvalue weighted by atomic mass is 9.89. The van der Waals surface area contributed by atoms with Crippen LogP contribution in [0.1, 0.15) is 73.6 Å². The topological polar surface area (TPSA) is 108 Å². The third-order valence-electron chi connectivity index (χ3n) is 6.69. The van der Waals surface area contributed by atoms with Gasteiger partial charge < -0.3 is 9.12 Å². The van der Waals surface area contributed by atoms with Gasteiger partial charge in [-0.05, 0) is 87.6 Å². The SMILES string of the molecule is C[C@H](N[S+]([O-])C(C)(C)C)c1cc(=O)n(C)cc1-c1cc(CS(=O)(=O)C2CC2)ccc1C(=O)c1ccc(F)cc1. The average Bonchev–Trinajstić information content (AvgIpc) is 3.71. The molecule has 0 aliphatic heterocycles. The Hall–Kier alpha value is -2.79. The van der Waals surface area contributed by atoms with Crippen LogP contribution in [0.25, 0.3) is 11.1 Å². The van der Waals surface area contributed by atoms with Crippen molar-refractivity contribution in [2.45, 2.75) is 62.3 Å². The zero-order valence-corrected chi connectivity index (χ0v) is 24.3. The van der Waals surface area contributed by atoms with Crippen molar-refractivity contribution < 1.29 is 22.2 Å². The summed E-state index contributed by atoms with van der Waals surface area (Å²) >= 11 is -1.45. The Bertz CT molecular complexity index is 1560. The first kappa shape index (κ1) is 29.2. The second kappa shape index (κ2) is 11.0. The van der Waals surface area contributed by atoms with Crippen molar-refractivity contribution in [1.29, 1.82) is 0 Å². The molecule has 7 nitrogen and oxygen atoms in total. The number of carbonyl (C=O) groups excluding carboxylic acids is 1. The van der Waals surface area contributed by atoms with Gasteiger partial charge in [-0.15, -0.1) is 4.72 Å². The number of nitrogens with zero attached hydrogens (tertiary/aromatic N) is 1. The molecule has 0 saturated heterocycles. The van der Waals surface area contributed by atoms with Crippen LogP contribution >= 0.6 is 0 Å². The molecule has 10 heteroatoms. The zero-order valence-electron chi connectivity index (χ0n) is 22.7. The molecule has 0 amide bonds. The molecule has 0 radical (unpaired) electrons. The molecule has 39 heavy (non-hydrogen) atoms. The Kier molecular flexibility index (Phi) is 8.23. The Morgan fingerprint density at radius 2 is 1.77 bits per heavy atom. The van der Waals surface area contributed by atoms with E-state index in [1.165, 1.54) is 34.9 Å². The van der Waals surface area contributed by atoms with E-state index in [0.717, 1.165) is 0 Å². The van der Waals surface area contributed by atoms with Crippen LogP contribution in [0.3, 0.4) is 0 Å². The average molecular weight is 573 g/mol. The molecular formula is C29H33FN2O5S2. The number of pyridine rings is 1. The van der Waals surface area contributed by atoms with Gasteiger partial charge in [0.1, 0.15) is 10.6 Å². The van der Waals surface area contributed by atoms with Crippen molar-refractivity contribution in [3.8, 4) is 11.1 Å². The third-order valence-corrected chi connectivity index (χ3v) is 10.6. The van der Waals surface area contributed by atoms with Gasteiger partial charge >= 0.3 is 0 Å². The Morgan fingerprint density at radius 3 is 2.36 bits per heavy atom. The molecule has 0 bridgehead atoms. The van der Waals surface area contributed by atoms with Crippen molar-refractivity contribution in [3.05, 3.63) is 93.2 Å². The van der Waals surface area contributed by atoms with Gasteiger partial charge in [-0.1, -0.05) is 12.1 Å². The quantitative estimate of drug-likeness (QED) is 0.296. The van der Waals surface area contributed by atoms with Crippen LogP contribution in [0.15, 0.2) is 59.5 Å². The van der Waals surface area contributed by atoms with Gasteiger partial charge in [-0.2, -0.15) is 0 Å². The van der Waals surface area contributed by atoms with Crippen LogP contribution in [-0.2, 0) is 34.0 Å². The number of carbonyl (C=O) groups is 1. The lowest BCUT2D eigenvalue weighted by Crippen LogP contribution is -2.41. The van der Waals surface area contributed by atoms with Crippen molar-refractivity contribution in [2.24, 2.45) is 7.05 Å². The molecule has 1 heterocycles. The van der Waals surface area contributed by atoms with Crippen molar-refractivity contribution in [1.82, 2.24) is 9.29 Å². The standard InChI is InChI=1S/C29H33FN2O5S2/c1-18(31-38(35)29(2,3)4)24-15-27(33)32(5)16-26(24)25-14-19(17-39(36,37)22-11-12-22)6-13-23(25)28(34)20-7-9-21(30)10-8-20/h6-10,13-16,18,22,31H,11-12,17H2,1-5H3/t18-,38?/m0/s1. The molecule has 1 saturated carbocycles. The van der Waals surface area contributed by atoms with Crippen LogP contribution in [-0.4, -0.2) is 33.3 Å². The summed E-state index contributed by atoms with van der Waals surface area (Å²) in [6.45, 7) is 7.27. The fourth-order valence-corrected chi connectivity index (χ4v) is 6.80. The summed E-state index contributed by atoms with van der Waals surface area (Å²) in [4.78, 5) is 26.3. The molecule has 1 aliphatic rings. The van der Waals surface area contributed by atoms with E-state index in [1.54, 1.807) is 38.4 Å². The summed E-state index contributed by atoms with van der Waals surface area (Å²) in [6.07, 6.45) is 2.90. The number of aromatic nitrogens is 1. The van der Waals surface area contributed by atoms with E-state index < -0.39 is 37.8 Å². The molecule has 208 valence electrons. The van der Waals surface area contributed by atoms with Gasteiger partial charge in [0.2, 0.25) is 0 Å². The maximum absolute atomic E-state index is 13.6. The zero-order chi connectivity index (χ0) is 28.7. The summed E-state index contributed by atoms with van der Waals surface area (Å²) in [5.74, 6) is -1.02. The lowest BCUT2D eigenvalue weighted by Gasteiger charge is -2.27. The summed E-state index contributed by atoms with van der Waals surface area (Å²) < 4.78 is 55.9. The first-order chi connectivity index (χ1) is 18.2. The van der Waals surface area contributed by atoms with Gasteiger partial charge in [-0.25, -0.2) is 12.8 Å². The first-order valence-corrected chi connectivity index (χ1v) is 15.6. The summed E-state index contributed by atoms with van der Waals surface area (Å²) in [5.41, 5.74) is 2.26.